The number of hydrogen-bond acceptors (Lipinski definition) is 7. The molecule has 9 nitrogen and oxygen atoms in total. The molecule has 32 heavy (non-hydrogen) atoms. The highest BCUT2D eigenvalue weighted by Gasteiger charge is 2.12. The van der Waals surface area contributed by atoms with Crippen molar-refractivity contribution < 1.29 is 9.53 Å². The van der Waals surface area contributed by atoms with Crippen molar-refractivity contribution in [2.75, 3.05) is 31.3 Å². The molecule has 0 aliphatic heterocycles. The number of imidazole rings is 1. The number of nitrogens with zero attached hydrogens (tertiary/aromatic N) is 5. The van der Waals surface area contributed by atoms with Gasteiger partial charge in [-0.2, -0.15) is 9.97 Å². The van der Waals surface area contributed by atoms with Crippen LogP contribution < -0.4 is 16.0 Å². The van der Waals surface area contributed by atoms with Gasteiger partial charge in [0.05, 0.1) is 12.9 Å². The highest BCUT2D eigenvalue weighted by molar-refractivity contribution is 5.82. The predicted octanol–water partition coefficient (Wildman–Crippen LogP) is 3.38. The van der Waals surface area contributed by atoms with E-state index in [2.05, 4.69) is 46.2 Å². The van der Waals surface area contributed by atoms with Gasteiger partial charge in [-0.1, -0.05) is 38.1 Å². The minimum absolute atomic E-state index is 0.353. The molecule has 0 fully saturated rings. The maximum absolute atomic E-state index is 12.0. The van der Waals surface area contributed by atoms with Crippen molar-refractivity contribution in [2.24, 2.45) is 5.92 Å². The average molecular weight is 440 g/mol. The lowest BCUT2D eigenvalue weighted by molar-refractivity contribution is 0.143. The molecule has 2 aromatic heterocycles. The van der Waals surface area contributed by atoms with E-state index >= 15 is 0 Å². The summed E-state index contributed by atoms with van der Waals surface area (Å²) >= 11 is 0. The van der Waals surface area contributed by atoms with E-state index in [1.807, 2.05) is 30.8 Å². The Morgan fingerprint density at radius 1 is 1.22 bits per heavy atom. The van der Waals surface area contributed by atoms with E-state index in [4.69, 9.17) is 10.5 Å². The lowest BCUT2D eigenvalue weighted by Crippen LogP contribution is -2.24. The van der Waals surface area contributed by atoms with Crippen LogP contribution in [0.3, 0.4) is 0 Å². The van der Waals surface area contributed by atoms with Crippen LogP contribution in [0, 0.1) is 5.92 Å². The first-order valence-corrected chi connectivity index (χ1v) is 11.0. The lowest BCUT2D eigenvalue weighted by atomic mass is 10.0. The summed E-state index contributed by atoms with van der Waals surface area (Å²) in [5, 5.41) is 2.82. The van der Waals surface area contributed by atoms with Crippen molar-refractivity contribution in [3.63, 3.8) is 0 Å². The van der Waals surface area contributed by atoms with Crippen LogP contribution in [0.15, 0.2) is 30.6 Å². The molecule has 0 spiro atoms. The first-order valence-electron chi connectivity index (χ1n) is 11.0. The van der Waals surface area contributed by atoms with E-state index in [0.717, 1.165) is 24.8 Å². The molecule has 0 saturated heterocycles. The van der Waals surface area contributed by atoms with Crippen molar-refractivity contribution in [3.05, 3.63) is 41.7 Å². The number of carbonyl (C=O) groups excluding carboxylic acids is 1. The number of anilines is 2. The van der Waals surface area contributed by atoms with E-state index in [1.165, 1.54) is 5.56 Å². The monoisotopic (exact) mass is 439 g/mol. The first kappa shape index (κ1) is 23.3. The molecule has 0 aliphatic carbocycles. The number of aryl methyl sites for hydroxylation is 1. The Hall–Kier alpha value is -3.36. The zero-order chi connectivity index (χ0) is 23.1. The number of nitrogens with one attached hydrogen (secondary N) is 1. The smallest absolute Gasteiger partial charge is 0.407 e. The summed E-state index contributed by atoms with van der Waals surface area (Å²) in [4.78, 5) is 26.9. The molecule has 3 N–H and O–H groups in total. The molecule has 3 rings (SSSR count). The van der Waals surface area contributed by atoms with Crippen LogP contribution in [-0.4, -0.2) is 46.3 Å². The van der Waals surface area contributed by atoms with Gasteiger partial charge in [-0.15, -0.1) is 0 Å². The highest BCUT2D eigenvalue weighted by Crippen LogP contribution is 2.19. The number of aromatic nitrogens is 4. The van der Waals surface area contributed by atoms with Gasteiger partial charge in [0.15, 0.2) is 11.5 Å². The fourth-order valence-corrected chi connectivity index (χ4v) is 3.43. The van der Waals surface area contributed by atoms with Crippen LogP contribution >= 0.6 is 0 Å². The van der Waals surface area contributed by atoms with Crippen molar-refractivity contribution in [2.45, 2.75) is 46.2 Å². The number of carbonyl (C=O) groups is 1. The number of rotatable bonds is 10. The Kier molecular flexibility index (Phi) is 7.86. The number of nitrogens with two attached hydrogens (primary N) is 1. The molecular formula is C23H33N7O2. The number of amides is 1. The molecule has 172 valence electrons. The molecule has 9 heteroatoms. The van der Waals surface area contributed by atoms with Crippen LogP contribution in [0.5, 0.6) is 0 Å². The Morgan fingerprint density at radius 3 is 2.75 bits per heavy atom. The summed E-state index contributed by atoms with van der Waals surface area (Å²) < 4.78 is 7.26. The molecule has 0 radical (unpaired) electrons. The second-order valence-electron chi connectivity index (χ2n) is 8.53. The van der Waals surface area contributed by atoms with E-state index in [1.54, 1.807) is 11.2 Å². The Balaban J connectivity index is 1.41. The van der Waals surface area contributed by atoms with Crippen LogP contribution in [0.4, 0.5) is 16.6 Å². The van der Waals surface area contributed by atoms with Gasteiger partial charge in [-0.05, 0) is 36.3 Å². The minimum atomic E-state index is -0.400. The van der Waals surface area contributed by atoms with Gasteiger partial charge in [0.2, 0.25) is 5.95 Å². The number of fused-ring (bicyclic) bond motifs is 1. The molecule has 0 bridgehead atoms. The molecule has 0 unspecified atom stereocenters. The summed E-state index contributed by atoms with van der Waals surface area (Å²) in [6.45, 7) is 5.91. The molecule has 1 aromatic carbocycles. The fourth-order valence-electron chi connectivity index (χ4n) is 3.43. The third-order valence-corrected chi connectivity index (χ3v) is 4.98. The largest absolute Gasteiger partial charge is 0.450 e. The molecule has 1 amide bonds. The molecule has 2 heterocycles. The Morgan fingerprint density at radius 2 is 2.00 bits per heavy atom. The SMILES string of the molecule is CC(C)Cc1cccc(CNC(=O)OCCCCn2cnc3c(N)nc(N(C)C)nc32)c1. The second-order valence-corrected chi connectivity index (χ2v) is 8.53. The van der Waals surface area contributed by atoms with E-state index in [9.17, 15) is 4.79 Å². The predicted molar refractivity (Wildman–Crippen MR) is 126 cm³/mol. The lowest BCUT2D eigenvalue weighted by Gasteiger charge is -2.11. The van der Waals surface area contributed by atoms with E-state index in [-0.39, 0.29) is 0 Å². The highest BCUT2D eigenvalue weighted by atomic mass is 16.5. The zero-order valence-electron chi connectivity index (χ0n) is 19.3. The van der Waals surface area contributed by atoms with Crippen molar-refractivity contribution in [3.8, 4) is 0 Å². The normalized spacial score (nSPS) is 11.2. The molecule has 3 aromatic rings. The number of hydrogen-bond donors (Lipinski definition) is 2. The van der Waals surface area contributed by atoms with Gasteiger partial charge in [0, 0.05) is 27.2 Å². The number of unbranched alkanes of at least 4 members (excludes halogenated alkanes) is 1. The van der Waals surface area contributed by atoms with E-state index < -0.39 is 6.09 Å². The molecular weight excluding hydrogens is 406 g/mol. The van der Waals surface area contributed by atoms with Crippen molar-refractivity contribution >= 4 is 29.0 Å². The number of nitrogen functional groups attached to an aromatic ring is 1. The quantitative estimate of drug-likeness (QED) is 0.466. The van der Waals surface area contributed by atoms with Crippen LogP contribution in [0.2, 0.25) is 0 Å². The number of benzene rings is 1. The van der Waals surface area contributed by atoms with Crippen LogP contribution in [-0.2, 0) is 24.2 Å². The summed E-state index contributed by atoms with van der Waals surface area (Å²) in [5.74, 6) is 1.52. The van der Waals surface area contributed by atoms with Gasteiger partial charge in [-0.25, -0.2) is 9.78 Å². The third kappa shape index (κ3) is 6.32. The first-order chi connectivity index (χ1) is 15.3. The summed E-state index contributed by atoms with van der Waals surface area (Å²) in [5.41, 5.74) is 9.66. The maximum atomic E-state index is 12.0. The Bertz CT molecular complexity index is 1050. The zero-order valence-corrected chi connectivity index (χ0v) is 19.3. The summed E-state index contributed by atoms with van der Waals surface area (Å²) in [6.07, 6.45) is 3.90. The van der Waals surface area contributed by atoms with Gasteiger partial charge >= 0.3 is 6.09 Å². The van der Waals surface area contributed by atoms with Gasteiger partial charge in [0.1, 0.15) is 5.52 Å². The van der Waals surface area contributed by atoms with Gasteiger partial charge in [-0.3, -0.25) is 0 Å². The molecule has 0 atom stereocenters. The van der Waals surface area contributed by atoms with E-state index in [0.29, 0.717) is 48.5 Å². The maximum Gasteiger partial charge on any atom is 0.407 e. The fraction of sp³-hybridized carbons (Fsp3) is 0.478. The average Bonchev–Trinajstić information content (AvgIpc) is 3.15. The van der Waals surface area contributed by atoms with Crippen LogP contribution in [0.1, 0.15) is 37.8 Å². The van der Waals surface area contributed by atoms with Crippen LogP contribution in [0.25, 0.3) is 11.2 Å². The second kappa shape index (κ2) is 10.8. The minimum Gasteiger partial charge on any atom is -0.450 e. The molecule has 0 saturated carbocycles. The number of ether oxygens (including phenoxy) is 1. The Labute approximate surface area is 189 Å². The molecule has 0 aliphatic rings. The topological polar surface area (TPSA) is 111 Å². The van der Waals surface area contributed by atoms with Crippen molar-refractivity contribution in [1.82, 2.24) is 24.8 Å². The summed E-state index contributed by atoms with van der Waals surface area (Å²) in [7, 11) is 3.73. The standard InChI is InChI=1S/C23H33N7O2/c1-16(2)12-17-8-7-9-18(13-17)14-25-23(31)32-11-6-5-10-30-15-26-19-20(24)27-22(29(3)4)28-21(19)30/h7-9,13,15-16H,5-6,10-12,14H2,1-4H3,(H,25,31)(H2,24,27,28). The summed E-state index contributed by atoms with van der Waals surface area (Å²) in [6, 6.07) is 8.29. The number of alkyl carbamates (subject to hydrolysis) is 1. The third-order valence-electron chi connectivity index (χ3n) is 4.98. The van der Waals surface area contributed by atoms with Gasteiger partial charge < -0.3 is 25.3 Å². The van der Waals surface area contributed by atoms with Gasteiger partial charge in [0.25, 0.3) is 0 Å². The van der Waals surface area contributed by atoms with Crippen molar-refractivity contribution in [1.29, 1.82) is 0 Å².